The lowest BCUT2D eigenvalue weighted by Crippen LogP contribution is -2.11. The van der Waals surface area contributed by atoms with E-state index in [0.717, 1.165) is 12.1 Å². The van der Waals surface area contributed by atoms with Gasteiger partial charge in [-0.2, -0.15) is 0 Å². The van der Waals surface area contributed by atoms with Gasteiger partial charge < -0.3 is 5.11 Å². The molecule has 0 aromatic heterocycles. The molecule has 0 radical (unpaired) electrons. The summed E-state index contributed by atoms with van der Waals surface area (Å²) in [5.41, 5.74) is 0.0368. The fourth-order valence-electron chi connectivity index (χ4n) is 1.28. The van der Waals surface area contributed by atoms with Crippen LogP contribution in [0.3, 0.4) is 0 Å². The van der Waals surface area contributed by atoms with Crippen molar-refractivity contribution in [3.05, 3.63) is 34.4 Å². The van der Waals surface area contributed by atoms with Crippen LogP contribution in [-0.4, -0.2) is 11.1 Å². The van der Waals surface area contributed by atoms with Crippen LogP contribution in [0.1, 0.15) is 18.9 Å². The van der Waals surface area contributed by atoms with Gasteiger partial charge in [-0.1, -0.05) is 18.5 Å². The van der Waals surface area contributed by atoms with Gasteiger partial charge in [-0.3, -0.25) is 4.79 Å². The highest BCUT2D eigenvalue weighted by molar-refractivity contribution is 6.31. The molecule has 5 heteroatoms. The molecule has 0 amide bonds. The molecule has 0 fully saturated rings. The van der Waals surface area contributed by atoms with E-state index in [2.05, 4.69) is 0 Å². The maximum absolute atomic E-state index is 13.3. The van der Waals surface area contributed by atoms with Gasteiger partial charge in [0.2, 0.25) is 0 Å². The van der Waals surface area contributed by atoms with Crippen molar-refractivity contribution in [2.24, 2.45) is 5.92 Å². The largest absolute Gasteiger partial charge is 0.481 e. The molecule has 1 rings (SSSR count). The molecule has 0 heterocycles. The van der Waals surface area contributed by atoms with Crippen molar-refractivity contribution in [1.82, 2.24) is 0 Å². The van der Waals surface area contributed by atoms with Crippen LogP contribution in [0.2, 0.25) is 5.02 Å². The zero-order valence-corrected chi connectivity index (χ0v) is 9.39. The van der Waals surface area contributed by atoms with Gasteiger partial charge in [-0.25, -0.2) is 8.78 Å². The van der Waals surface area contributed by atoms with E-state index >= 15 is 0 Å². The summed E-state index contributed by atoms with van der Waals surface area (Å²) in [6, 6.07) is 1.93. The summed E-state index contributed by atoms with van der Waals surface area (Å²) < 4.78 is 26.3. The molecular formula is C11H11ClF2O2. The van der Waals surface area contributed by atoms with Gasteiger partial charge in [-0.15, -0.1) is 0 Å². The van der Waals surface area contributed by atoms with Gasteiger partial charge in [0.05, 0.1) is 10.9 Å². The number of aliphatic carboxylic acids is 1. The Kier molecular flexibility index (Phi) is 4.24. The van der Waals surface area contributed by atoms with Crippen molar-refractivity contribution in [3.8, 4) is 0 Å². The van der Waals surface area contributed by atoms with Gasteiger partial charge in [0.1, 0.15) is 11.6 Å². The molecular weight excluding hydrogens is 238 g/mol. The number of carbonyl (C=O) groups is 1. The Morgan fingerprint density at radius 3 is 2.56 bits per heavy atom. The van der Waals surface area contributed by atoms with E-state index in [0.29, 0.717) is 0 Å². The summed E-state index contributed by atoms with van der Waals surface area (Å²) >= 11 is 5.60. The Balaban J connectivity index is 2.81. The highest BCUT2D eigenvalue weighted by atomic mass is 35.5. The van der Waals surface area contributed by atoms with E-state index in [1.54, 1.807) is 0 Å². The molecule has 0 bridgehead atoms. The number of benzene rings is 1. The van der Waals surface area contributed by atoms with Crippen LogP contribution in [0.5, 0.6) is 0 Å². The molecule has 16 heavy (non-hydrogen) atoms. The lowest BCUT2D eigenvalue weighted by molar-refractivity contribution is -0.141. The summed E-state index contributed by atoms with van der Waals surface area (Å²) in [4.78, 5) is 10.6. The summed E-state index contributed by atoms with van der Waals surface area (Å²) in [5.74, 6) is -2.88. The van der Waals surface area contributed by atoms with Crippen molar-refractivity contribution < 1.29 is 18.7 Å². The smallest absolute Gasteiger partial charge is 0.306 e. The SMILES string of the molecule is CC(CCc1c(F)ccc(F)c1Cl)C(=O)O. The molecule has 0 aliphatic heterocycles. The number of hydrogen-bond donors (Lipinski definition) is 1. The molecule has 1 N–H and O–H groups in total. The fourth-order valence-corrected chi connectivity index (χ4v) is 1.53. The average molecular weight is 249 g/mol. The van der Waals surface area contributed by atoms with Crippen molar-refractivity contribution in [3.63, 3.8) is 0 Å². The Morgan fingerprint density at radius 1 is 1.44 bits per heavy atom. The van der Waals surface area contributed by atoms with Crippen LogP contribution in [0.15, 0.2) is 12.1 Å². The molecule has 88 valence electrons. The zero-order valence-electron chi connectivity index (χ0n) is 8.64. The minimum Gasteiger partial charge on any atom is -0.481 e. The van der Waals surface area contributed by atoms with Crippen LogP contribution in [-0.2, 0) is 11.2 Å². The van der Waals surface area contributed by atoms with Crippen molar-refractivity contribution >= 4 is 17.6 Å². The average Bonchev–Trinajstić information content (AvgIpc) is 2.23. The Labute approximate surface area is 96.8 Å². The van der Waals surface area contributed by atoms with Gasteiger partial charge in [0.25, 0.3) is 0 Å². The quantitative estimate of drug-likeness (QED) is 0.831. The first-order valence-electron chi connectivity index (χ1n) is 4.78. The Morgan fingerprint density at radius 2 is 2.00 bits per heavy atom. The van der Waals surface area contributed by atoms with Crippen LogP contribution >= 0.6 is 11.6 Å². The van der Waals surface area contributed by atoms with Crippen LogP contribution in [0.25, 0.3) is 0 Å². The Bertz CT molecular complexity index is 407. The second-order valence-electron chi connectivity index (χ2n) is 3.60. The number of rotatable bonds is 4. The number of carboxylic acids is 1. The number of halogens is 3. The van der Waals surface area contributed by atoms with Crippen molar-refractivity contribution in [1.29, 1.82) is 0 Å². The standard InChI is InChI=1S/C11H11ClF2O2/c1-6(11(15)16)2-3-7-8(13)4-5-9(14)10(7)12/h4-6H,2-3H2,1H3,(H,15,16). The molecule has 1 atom stereocenters. The minimum atomic E-state index is -0.965. The van der Waals surface area contributed by atoms with Crippen LogP contribution in [0, 0.1) is 17.6 Å². The van der Waals surface area contributed by atoms with Crippen LogP contribution < -0.4 is 0 Å². The first-order valence-corrected chi connectivity index (χ1v) is 5.16. The van der Waals surface area contributed by atoms with E-state index < -0.39 is 23.5 Å². The Hall–Kier alpha value is -1.16. The van der Waals surface area contributed by atoms with Crippen LogP contribution in [0.4, 0.5) is 8.78 Å². The fraction of sp³-hybridized carbons (Fsp3) is 0.364. The minimum absolute atomic E-state index is 0.0368. The first-order chi connectivity index (χ1) is 7.43. The van der Waals surface area contributed by atoms with Crippen molar-refractivity contribution in [2.75, 3.05) is 0 Å². The number of carboxylic acid groups (broad SMARTS) is 1. The number of hydrogen-bond acceptors (Lipinski definition) is 1. The van der Waals surface area contributed by atoms with E-state index in [1.807, 2.05) is 0 Å². The summed E-state index contributed by atoms with van der Waals surface area (Å²) in [5, 5.41) is 8.39. The molecule has 0 aliphatic carbocycles. The summed E-state index contributed by atoms with van der Waals surface area (Å²) in [7, 11) is 0. The molecule has 1 unspecified atom stereocenters. The molecule has 2 nitrogen and oxygen atoms in total. The van der Waals surface area contributed by atoms with E-state index in [1.165, 1.54) is 6.92 Å². The lowest BCUT2D eigenvalue weighted by atomic mass is 10.0. The third-order valence-electron chi connectivity index (χ3n) is 2.39. The normalized spacial score (nSPS) is 12.5. The molecule has 0 saturated heterocycles. The molecule has 0 saturated carbocycles. The van der Waals surface area contributed by atoms with E-state index in [9.17, 15) is 13.6 Å². The predicted octanol–water partition coefficient (Wildman–Crippen LogP) is 3.27. The summed E-state index contributed by atoms with van der Waals surface area (Å²) in [6.45, 7) is 1.51. The summed E-state index contributed by atoms with van der Waals surface area (Å²) in [6.07, 6.45) is 0.325. The second kappa shape index (κ2) is 5.25. The van der Waals surface area contributed by atoms with E-state index in [4.69, 9.17) is 16.7 Å². The zero-order chi connectivity index (χ0) is 12.3. The monoisotopic (exact) mass is 248 g/mol. The molecule has 0 aliphatic rings. The lowest BCUT2D eigenvalue weighted by Gasteiger charge is -2.09. The third kappa shape index (κ3) is 2.92. The van der Waals surface area contributed by atoms with E-state index in [-0.39, 0.29) is 23.4 Å². The van der Waals surface area contributed by atoms with Gasteiger partial charge in [0.15, 0.2) is 0 Å². The third-order valence-corrected chi connectivity index (χ3v) is 2.80. The molecule has 1 aromatic rings. The van der Waals surface area contributed by atoms with Crippen molar-refractivity contribution in [2.45, 2.75) is 19.8 Å². The predicted molar refractivity (Wildman–Crippen MR) is 56.5 cm³/mol. The van der Waals surface area contributed by atoms with Gasteiger partial charge in [0, 0.05) is 5.56 Å². The molecule has 0 spiro atoms. The highest BCUT2D eigenvalue weighted by Gasteiger charge is 2.16. The second-order valence-corrected chi connectivity index (χ2v) is 3.98. The van der Waals surface area contributed by atoms with Gasteiger partial charge >= 0.3 is 5.97 Å². The molecule has 1 aromatic carbocycles. The first kappa shape index (κ1) is 12.9. The highest BCUT2D eigenvalue weighted by Crippen LogP contribution is 2.25. The maximum Gasteiger partial charge on any atom is 0.306 e. The maximum atomic E-state index is 13.3. The van der Waals surface area contributed by atoms with Gasteiger partial charge in [-0.05, 0) is 25.0 Å². The topological polar surface area (TPSA) is 37.3 Å².